The lowest BCUT2D eigenvalue weighted by molar-refractivity contribution is -0.138. The monoisotopic (exact) mass is 339 g/mol. The van der Waals surface area contributed by atoms with Crippen molar-refractivity contribution in [3.8, 4) is 11.4 Å². The number of nitrogens with one attached hydrogen (secondary N) is 1. The van der Waals surface area contributed by atoms with E-state index in [1.54, 1.807) is 17.0 Å². The van der Waals surface area contributed by atoms with Gasteiger partial charge in [-0.3, -0.25) is 4.90 Å². The van der Waals surface area contributed by atoms with Gasteiger partial charge < -0.3 is 10.1 Å². The maximum atomic E-state index is 12.3. The van der Waals surface area contributed by atoms with Crippen molar-refractivity contribution in [3.05, 3.63) is 41.2 Å². The Kier molecular flexibility index (Phi) is 4.31. The van der Waals surface area contributed by atoms with Crippen LogP contribution in [0.1, 0.15) is 28.2 Å². The van der Waals surface area contributed by atoms with Gasteiger partial charge in [0.25, 0.3) is 0 Å². The van der Waals surface area contributed by atoms with Crippen molar-refractivity contribution in [2.24, 2.45) is 0 Å². The van der Waals surface area contributed by atoms with Crippen molar-refractivity contribution in [1.29, 1.82) is 0 Å². The third-order valence-corrected chi connectivity index (χ3v) is 4.03. The molecule has 24 heavy (non-hydrogen) atoms. The average molecular weight is 339 g/mol. The van der Waals surface area contributed by atoms with Crippen molar-refractivity contribution >= 4 is 5.97 Å². The Morgan fingerprint density at radius 3 is 2.62 bits per heavy atom. The second-order valence-corrected chi connectivity index (χ2v) is 5.78. The molecule has 0 saturated carbocycles. The van der Waals surface area contributed by atoms with Gasteiger partial charge in [0.2, 0.25) is 0 Å². The number of aromatic carboxylic acids is 1. The van der Waals surface area contributed by atoms with Crippen LogP contribution in [0.5, 0.6) is 0 Å². The highest BCUT2D eigenvalue weighted by Gasteiger charge is 2.29. The van der Waals surface area contributed by atoms with Crippen molar-refractivity contribution in [1.82, 2.24) is 14.9 Å². The van der Waals surface area contributed by atoms with Gasteiger partial charge in [-0.15, -0.1) is 0 Å². The zero-order valence-corrected chi connectivity index (χ0v) is 12.7. The summed E-state index contributed by atoms with van der Waals surface area (Å²) in [4.78, 5) is 20.3. The van der Waals surface area contributed by atoms with E-state index in [4.69, 9.17) is 5.11 Å². The normalized spacial score (nSPS) is 15.3. The van der Waals surface area contributed by atoms with Crippen molar-refractivity contribution in [2.75, 3.05) is 13.1 Å². The molecular weight excluding hydrogens is 323 g/mol. The lowest BCUT2D eigenvalue weighted by Gasteiger charge is -2.26. The molecule has 1 aromatic heterocycles. The van der Waals surface area contributed by atoms with Gasteiger partial charge in [-0.1, -0.05) is 12.1 Å². The highest BCUT2D eigenvalue weighted by atomic mass is 19.4. The molecule has 0 fully saturated rings. The van der Waals surface area contributed by atoms with E-state index in [0.29, 0.717) is 25.3 Å². The molecule has 0 atom stereocenters. The number of imidazole rings is 1. The first-order valence-electron chi connectivity index (χ1n) is 7.52. The number of carboxylic acids is 1. The fraction of sp³-hybridized carbons (Fsp3) is 0.375. The van der Waals surface area contributed by atoms with E-state index in [9.17, 15) is 18.0 Å². The summed E-state index contributed by atoms with van der Waals surface area (Å²) in [5, 5.41) is 8.91. The molecule has 8 heteroatoms. The van der Waals surface area contributed by atoms with Crippen LogP contribution in [0, 0.1) is 0 Å². The first-order valence-corrected chi connectivity index (χ1v) is 7.52. The number of halogens is 3. The zero-order chi connectivity index (χ0) is 17.3. The molecule has 2 aromatic rings. The first-order chi connectivity index (χ1) is 11.3. The molecule has 128 valence electrons. The molecule has 0 spiro atoms. The second kappa shape index (κ2) is 6.27. The number of benzene rings is 1. The lowest BCUT2D eigenvalue weighted by Crippen LogP contribution is -2.33. The van der Waals surface area contributed by atoms with E-state index in [1.807, 2.05) is 0 Å². The molecule has 1 aliphatic heterocycles. The summed E-state index contributed by atoms with van der Waals surface area (Å²) in [5.41, 5.74) is 2.61. The van der Waals surface area contributed by atoms with Crippen LogP contribution in [-0.2, 0) is 13.0 Å². The molecule has 1 aromatic carbocycles. The highest BCUT2D eigenvalue weighted by Crippen LogP contribution is 2.25. The molecule has 0 aliphatic carbocycles. The third-order valence-electron chi connectivity index (χ3n) is 4.03. The SMILES string of the molecule is O=C(O)c1ccc(-c2nc3c([nH]2)CN(CCC(F)(F)F)CC3)cc1. The molecular formula is C16H16F3N3O2. The van der Waals surface area contributed by atoms with E-state index in [2.05, 4.69) is 9.97 Å². The van der Waals surface area contributed by atoms with Gasteiger partial charge in [-0.25, -0.2) is 9.78 Å². The minimum absolute atomic E-state index is 0.0232. The quantitative estimate of drug-likeness (QED) is 0.898. The number of H-pyrrole nitrogens is 1. The van der Waals surface area contributed by atoms with Crippen LogP contribution in [-0.4, -0.2) is 45.2 Å². The van der Waals surface area contributed by atoms with Gasteiger partial charge in [0, 0.05) is 31.6 Å². The van der Waals surface area contributed by atoms with E-state index < -0.39 is 18.6 Å². The standard InChI is InChI=1S/C16H16F3N3O2/c17-16(18,19)6-8-22-7-5-12-13(9-22)21-14(20-12)10-1-3-11(4-2-10)15(23)24/h1-4H,5-9H2,(H,20,21)(H,23,24). The number of alkyl halides is 3. The molecule has 0 bridgehead atoms. The molecule has 0 unspecified atom stereocenters. The van der Waals surface area contributed by atoms with Crippen LogP contribution in [0.4, 0.5) is 13.2 Å². The van der Waals surface area contributed by atoms with Gasteiger partial charge in [0.1, 0.15) is 5.82 Å². The Bertz CT molecular complexity index is 738. The number of aromatic amines is 1. The minimum Gasteiger partial charge on any atom is -0.478 e. The number of fused-ring (bicyclic) bond motifs is 1. The molecule has 0 amide bonds. The summed E-state index contributed by atoms with van der Waals surface area (Å²) in [6, 6.07) is 6.31. The van der Waals surface area contributed by atoms with Crippen LogP contribution >= 0.6 is 0 Å². The predicted octanol–water partition coefficient (Wildman–Crippen LogP) is 3.09. The Labute approximate surface area is 136 Å². The molecule has 2 heterocycles. The maximum Gasteiger partial charge on any atom is 0.390 e. The number of nitrogens with zero attached hydrogens (tertiary/aromatic N) is 2. The van der Waals surface area contributed by atoms with E-state index in [-0.39, 0.29) is 12.1 Å². The Balaban J connectivity index is 1.72. The summed E-state index contributed by atoms with van der Waals surface area (Å²) < 4.78 is 37.0. The predicted molar refractivity (Wildman–Crippen MR) is 80.6 cm³/mol. The van der Waals surface area contributed by atoms with Gasteiger partial charge in [-0.05, 0) is 12.1 Å². The van der Waals surface area contributed by atoms with E-state index in [1.165, 1.54) is 12.1 Å². The number of hydrogen-bond acceptors (Lipinski definition) is 3. The zero-order valence-electron chi connectivity index (χ0n) is 12.7. The van der Waals surface area contributed by atoms with Crippen LogP contribution in [0.3, 0.4) is 0 Å². The van der Waals surface area contributed by atoms with Gasteiger partial charge in [0.05, 0.1) is 23.4 Å². The molecule has 0 saturated heterocycles. The largest absolute Gasteiger partial charge is 0.478 e. The van der Waals surface area contributed by atoms with Gasteiger partial charge >= 0.3 is 12.1 Å². The lowest BCUT2D eigenvalue weighted by atomic mass is 10.1. The number of carboxylic acid groups (broad SMARTS) is 1. The van der Waals surface area contributed by atoms with Gasteiger partial charge in [-0.2, -0.15) is 13.2 Å². The number of aromatic nitrogens is 2. The fourth-order valence-corrected chi connectivity index (χ4v) is 2.73. The molecule has 1 aliphatic rings. The molecule has 3 rings (SSSR count). The molecule has 5 nitrogen and oxygen atoms in total. The summed E-state index contributed by atoms with van der Waals surface area (Å²) in [6.07, 6.45) is -4.37. The van der Waals surface area contributed by atoms with Crippen molar-refractivity contribution in [3.63, 3.8) is 0 Å². The van der Waals surface area contributed by atoms with Crippen LogP contribution in [0.2, 0.25) is 0 Å². The summed E-state index contributed by atoms with van der Waals surface area (Å²) in [5.74, 6) is -0.393. The minimum atomic E-state index is -4.15. The molecule has 2 N–H and O–H groups in total. The number of hydrogen-bond donors (Lipinski definition) is 2. The van der Waals surface area contributed by atoms with E-state index >= 15 is 0 Å². The highest BCUT2D eigenvalue weighted by molar-refractivity contribution is 5.88. The van der Waals surface area contributed by atoms with Gasteiger partial charge in [0.15, 0.2) is 0 Å². The van der Waals surface area contributed by atoms with Crippen molar-refractivity contribution < 1.29 is 23.1 Å². The van der Waals surface area contributed by atoms with E-state index in [0.717, 1.165) is 17.0 Å². The Morgan fingerprint density at radius 1 is 1.29 bits per heavy atom. The smallest absolute Gasteiger partial charge is 0.390 e. The fourth-order valence-electron chi connectivity index (χ4n) is 2.73. The summed E-state index contributed by atoms with van der Waals surface area (Å²) in [6.45, 7) is 0.932. The first kappa shape index (κ1) is 16.5. The number of carbonyl (C=O) groups is 1. The second-order valence-electron chi connectivity index (χ2n) is 5.78. The molecule has 0 radical (unpaired) electrons. The average Bonchev–Trinajstić information content (AvgIpc) is 2.95. The van der Waals surface area contributed by atoms with Crippen LogP contribution in [0.25, 0.3) is 11.4 Å². The topological polar surface area (TPSA) is 69.2 Å². The Hall–Kier alpha value is -2.35. The maximum absolute atomic E-state index is 12.3. The number of rotatable bonds is 4. The van der Waals surface area contributed by atoms with Crippen molar-refractivity contribution in [2.45, 2.75) is 25.6 Å². The van der Waals surface area contributed by atoms with Crippen LogP contribution in [0.15, 0.2) is 24.3 Å². The Morgan fingerprint density at radius 2 is 2.00 bits per heavy atom. The third kappa shape index (κ3) is 3.76. The summed E-state index contributed by atoms with van der Waals surface area (Å²) >= 11 is 0. The van der Waals surface area contributed by atoms with Crippen LogP contribution < -0.4 is 0 Å². The summed E-state index contributed by atoms with van der Waals surface area (Å²) in [7, 11) is 0.